The van der Waals surface area contributed by atoms with Gasteiger partial charge in [0, 0.05) is 29.3 Å². The Morgan fingerprint density at radius 2 is 2.25 bits per heavy atom. The second kappa shape index (κ2) is 6.99. The van der Waals surface area contributed by atoms with Crippen LogP contribution >= 0.6 is 15.9 Å². The first-order chi connectivity index (χ1) is 9.61. The van der Waals surface area contributed by atoms with E-state index in [1.165, 1.54) is 6.07 Å². The second-order valence-electron chi connectivity index (χ2n) is 4.87. The predicted molar refractivity (Wildman–Crippen MR) is 82.0 cm³/mol. The van der Waals surface area contributed by atoms with Gasteiger partial charge in [-0.05, 0) is 37.1 Å². The second-order valence-corrected chi connectivity index (χ2v) is 5.72. The van der Waals surface area contributed by atoms with E-state index in [9.17, 15) is 4.39 Å². The molecule has 1 unspecified atom stereocenters. The predicted octanol–water partition coefficient (Wildman–Crippen LogP) is 3.61. The van der Waals surface area contributed by atoms with Crippen LogP contribution in [0.2, 0.25) is 0 Å². The average molecular weight is 340 g/mol. The van der Waals surface area contributed by atoms with Crippen molar-refractivity contribution in [3.8, 4) is 0 Å². The maximum absolute atomic E-state index is 14.1. The van der Waals surface area contributed by atoms with Crippen molar-refractivity contribution in [1.29, 1.82) is 0 Å². The van der Waals surface area contributed by atoms with Crippen molar-refractivity contribution >= 4 is 15.9 Å². The highest BCUT2D eigenvalue weighted by molar-refractivity contribution is 9.10. The Kier molecular flexibility index (Phi) is 5.31. The van der Waals surface area contributed by atoms with Gasteiger partial charge < -0.3 is 5.32 Å². The lowest BCUT2D eigenvalue weighted by atomic mass is 10.00. The van der Waals surface area contributed by atoms with Gasteiger partial charge in [0.15, 0.2) is 0 Å². The number of hydrogen-bond acceptors (Lipinski definition) is 2. The van der Waals surface area contributed by atoms with Crippen LogP contribution in [-0.2, 0) is 13.5 Å². The van der Waals surface area contributed by atoms with E-state index >= 15 is 0 Å². The molecule has 0 amide bonds. The molecule has 0 saturated heterocycles. The number of hydrogen-bond donors (Lipinski definition) is 1. The molecule has 2 aromatic rings. The van der Waals surface area contributed by atoms with Crippen LogP contribution in [0.25, 0.3) is 0 Å². The van der Waals surface area contributed by atoms with Crippen LogP contribution in [0.3, 0.4) is 0 Å². The van der Waals surface area contributed by atoms with Crippen molar-refractivity contribution in [3.05, 3.63) is 52.0 Å². The topological polar surface area (TPSA) is 29.9 Å². The molecule has 1 aromatic carbocycles. The molecule has 1 heterocycles. The van der Waals surface area contributed by atoms with Gasteiger partial charge in [-0.25, -0.2) is 4.39 Å². The van der Waals surface area contributed by atoms with Crippen molar-refractivity contribution < 1.29 is 4.39 Å². The first-order valence-corrected chi connectivity index (χ1v) is 7.56. The minimum absolute atomic E-state index is 0.0604. The number of nitrogens with one attached hydrogen (secondary N) is 1. The van der Waals surface area contributed by atoms with Gasteiger partial charge in [-0.1, -0.05) is 28.9 Å². The zero-order valence-electron chi connectivity index (χ0n) is 11.7. The molecular weight excluding hydrogens is 321 g/mol. The van der Waals surface area contributed by atoms with Crippen molar-refractivity contribution in [2.24, 2.45) is 7.05 Å². The lowest BCUT2D eigenvalue weighted by Crippen LogP contribution is -2.25. The molecule has 0 aliphatic heterocycles. The van der Waals surface area contributed by atoms with Crippen LogP contribution in [-0.4, -0.2) is 16.3 Å². The Labute approximate surface area is 127 Å². The van der Waals surface area contributed by atoms with E-state index in [4.69, 9.17) is 0 Å². The van der Waals surface area contributed by atoms with Gasteiger partial charge in [0.05, 0.1) is 6.20 Å². The molecule has 0 radical (unpaired) electrons. The standard InChI is InChI=1S/C15H19BrFN3/c1-3-7-18-14(8-11-9-19-20(2)10-11)15-12(16)5-4-6-13(15)17/h4-6,9-10,14,18H,3,7-8H2,1-2H3. The molecule has 1 N–H and O–H groups in total. The highest BCUT2D eigenvalue weighted by Crippen LogP contribution is 2.28. The van der Waals surface area contributed by atoms with E-state index < -0.39 is 0 Å². The number of nitrogens with zero attached hydrogens (tertiary/aromatic N) is 2. The minimum Gasteiger partial charge on any atom is -0.310 e. The van der Waals surface area contributed by atoms with Crippen LogP contribution in [0.5, 0.6) is 0 Å². The number of rotatable bonds is 6. The Hall–Kier alpha value is -1.20. The molecule has 0 spiro atoms. The smallest absolute Gasteiger partial charge is 0.129 e. The highest BCUT2D eigenvalue weighted by atomic mass is 79.9. The molecule has 0 fully saturated rings. The first-order valence-electron chi connectivity index (χ1n) is 6.76. The molecule has 1 aromatic heterocycles. The molecule has 5 heteroatoms. The fourth-order valence-electron chi connectivity index (χ4n) is 2.25. The maximum Gasteiger partial charge on any atom is 0.129 e. The van der Waals surface area contributed by atoms with E-state index in [-0.39, 0.29) is 11.9 Å². The fraction of sp³-hybridized carbons (Fsp3) is 0.400. The molecule has 0 bridgehead atoms. The van der Waals surface area contributed by atoms with Gasteiger partial charge in [0.2, 0.25) is 0 Å². The number of aromatic nitrogens is 2. The fourth-order valence-corrected chi connectivity index (χ4v) is 2.87. The number of aryl methyl sites for hydroxylation is 1. The summed E-state index contributed by atoms with van der Waals surface area (Å²) in [5.41, 5.74) is 1.78. The first kappa shape index (κ1) is 15.2. The molecular formula is C15H19BrFN3. The highest BCUT2D eigenvalue weighted by Gasteiger charge is 2.19. The third-order valence-corrected chi connectivity index (χ3v) is 3.88. The van der Waals surface area contributed by atoms with E-state index in [0.717, 1.165) is 23.0 Å². The van der Waals surface area contributed by atoms with Crippen LogP contribution < -0.4 is 5.32 Å². The number of halogens is 2. The van der Waals surface area contributed by atoms with E-state index in [1.54, 1.807) is 10.7 Å². The van der Waals surface area contributed by atoms with Crippen molar-refractivity contribution in [2.45, 2.75) is 25.8 Å². The summed E-state index contributed by atoms with van der Waals surface area (Å²) < 4.78 is 16.7. The summed E-state index contributed by atoms with van der Waals surface area (Å²) in [7, 11) is 1.89. The summed E-state index contributed by atoms with van der Waals surface area (Å²) in [5, 5.41) is 7.59. The Balaban J connectivity index is 2.27. The van der Waals surface area contributed by atoms with Crippen molar-refractivity contribution in [3.63, 3.8) is 0 Å². The Bertz CT molecular complexity index is 548. The lowest BCUT2D eigenvalue weighted by molar-refractivity contribution is 0.495. The summed E-state index contributed by atoms with van der Waals surface area (Å²) >= 11 is 3.46. The van der Waals surface area contributed by atoms with Gasteiger partial charge in [0.25, 0.3) is 0 Å². The molecule has 108 valence electrons. The average Bonchev–Trinajstić information content (AvgIpc) is 2.81. The molecule has 0 aliphatic carbocycles. The summed E-state index contributed by atoms with van der Waals surface area (Å²) in [6.07, 6.45) is 5.52. The summed E-state index contributed by atoms with van der Waals surface area (Å²) in [5.74, 6) is -0.183. The van der Waals surface area contributed by atoms with Gasteiger partial charge in [0.1, 0.15) is 5.82 Å². The quantitative estimate of drug-likeness (QED) is 0.871. The SMILES string of the molecule is CCCNC(Cc1cnn(C)c1)c1c(F)cccc1Br. The van der Waals surface area contributed by atoms with Crippen LogP contribution in [0.15, 0.2) is 35.1 Å². The van der Waals surface area contributed by atoms with E-state index in [0.29, 0.717) is 12.0 Å². The maximum atomic E-state index is 14.1. The Morgan fingerprint density at radius 3 is 2.85 bits per heavy atom. The van der Waals surface area contributed by atoms with Crippen molar-refractivity contribution in [1.82, 2.24) is 15.1 Å². The third kappa shape index (κ3) is 3.67. The van der Waals surface area contributed by atoms with Crippen molar-refractivity contribution in [2.75, 3.05) is 6.54 Å². The van der Waals surface area contributed by atoms with Gasteiger partial charge >= 0.3 is 0 Å². The van der Waals surface area contributed by atoms with Crippen LogP contribution in [0.1, 0.15) is 30.5 Å². The summed E-state index contributed by atoms with van der Waals surface area (Å²) in [6.45, 7) is 2.95. The lowest BCUT2D eigenvalue weighted by Gasteiger charge is -2.20. The third-order valence-electron chi connectivity index (χ3n) is 3.19. The molecule has 2 rings (SSSR count). The van der Waals surface area contributed by atoms with Gasteiger partial charge in [-0.15, -0.1) is 0 Å². The molecule has 1 atom stereocenters. The monoisotopic (exact) mass is 339 g/mol. The van der Waals surface area contributed by atoms with Gasteiger partial charge in [-0.3, -0.25) is 4.68 Å². The molecule has 0 aliphatic rings. The van der Waals surface area contributed by atoms with Crippen LogP contribution in [0.4, 0.5) is 4.39 Å². The molecule has 20 heavy (non-hydrogen) atoms. The molecule has 0 saturated carbocycles. The van der Waals surface area contributed by atoms with Crippen LogP contribution in [0, 0.1) is 5.82 Å². The van der Waals surface area contributed by atoms with Gasteiger partial charge in [-0.2, -0.15) is 5.10 Å². The molecule has 3 nitrogen and oxygen atoms in total. The van der Waals surface area contributed by atoms with E-state index in [2.05, 4.69) is 33.3 Å². The zero-order valence-corrected chi connectivity index (χ0v) is 13.3. The summed E-state index contributed by atoms with van der Waals surface area (Å²) in [6, 6.07) is 5.03. The summed E-state index contributed by atoms with van der Waals surface area (Å²) in [4.78, 5) is 0. The number of benzene rings is 1. The largest absolute Gasteiger partial charge is 0.310 e. The normalized spacial score (nSPS) is 12.6. The zero-order chi connectivity index (χ0) is 14.5. The van der Waals surface area contributed by atoms with E-state index in [1.807, 2.05) is 25.5 Å². The Morgan fingerprint density at radius 1 is 1.45 bits per heavy atom. The minimum atomic E-state index is -0.183.